The number of hydrogen-bond acceptors (Lipinski definition) is 5. The predicted molar refractivity (Wildman–Crippen MR) is 92.3 cm³/mol. The van der Waals surface area contributed by atoms with Crippen LogP contribution < -0.4 is 4.74 Å². The first-order valence-corrected chi connectivity index (χ1v) is 7.57. The number of carbonyl (C=O) groups excluding carboxylic acids is 1. The van der Waals surface area contributed by atoms with E-state index in [1.54, 1.807) is 0 Å². The summed E-state index contributed by atoms with van der Waals surface area (Å²) in [6.45, 7) is 4.00. The van der Waals surface area contributed by atoms with Gasteiger partial charge in [-0.1, -0.05) is 30.3 Å². The van der Waals surface area contributed by atoms with Crippen molar-refractivity contribution in [2.45, 2.75) is 20.3 Å². The van der Waals surface area contributed by atoms with E-state index in [2.05, 4.69) is 5.16 Å². The number of hydrogen-bond donors (Lipinski definition) is 0. The van der Waals surface area contributed by atoms with Crippen LogP contribution in [0.5, 0.6) is 5.75 Å². The zero-order valence-electron chi connectivity index (χ0n) is 14.3. The summed E-state index contributed by atoms with van der Waals surface area (Å²) >= 11 is 0. The van der Waals surface area contributed by atoms with E-state index in [0.29, 0.717) is 17.2 Å². The lowest BCUT2D eigenvalue weighted by Crippen LogP contribution is -2.16. The Morgan fingerprint density at radius 1 is 1.04 bits per heavy atom. The molecule has 0 N–H and O–H groups in total. The van der Waals surface area contributed by atoms with Crippen LogP contribution in [0.15, 0.2) is 47.6 Å². The number of carbonyl (C=O) groups is 1. The van der Waals surface area contributed by atoms with Gasteiger partial charge in [-0.25, -0.2) is 0 Å². The van der Waals surface area contributed by atoms with Gasteiger partial charge in [0.15, 0.2) is 0 Å². The van der Waals surface area contributed by atoms with Crippen molar-refractivity contribution in [2.75, 3.05) is 14.2 Å². The van der Waals surface area contributed by atoms with Crippen molar-refractivity contribution in [3.63, 3.8) is 0 Å². The van der Waals surface area contributed by atoms with Crippen LogP contribution in [0.25, 0.3) is 0 Å². The van der Waals surface area contributed by atoms with Gasteiger partial charge in [0.1, 0.15) is 12.9 Å². The Balaban J connectivity index is 2.40. The quantitative estimate of drug-likeness (QED) is 0.365. The van der Waals surface area contributed by atoms with Crippen molar-refractivity contribution < 1.29 is 19.1 Å². The molecule has 0 aliphatic rings. The summed E-state index contributed by atoms with van der Waals surface area (Å²) in [6, 6.07) is 13.2. The molecule has 2 aromatic rings. The highest BCUT2D eigenvalue weighted by Crippen LogP contribution is 2.23. The van der Waals surface area contributed by atoms with Gasteiger partial charge in [-0.05, 0) is 47.8 Å². The van der Waals surface area contributed by atoms with Gasteiger partial charge in [-0.3, -0.25) is 4.79 Å². The van der Waals surface area contributed by atoms with Crippen LogP contribution in [0.3, 0.4) is 0 Å². The highest BCUT2D eigenvalue weighted by atomic mass is 16.6. The Labute approximate surface area is 141 Å². The maximum absolute atomic E-state index is 11.6. The van der Waals surface area contributed by atoms with Gasteiger partial charge in [-0.2, -0.15) is 0 Å². The molecule has 0 spiro atoms. The number of benzene rings is 2. The summed E-state index contributed by atoms with van der Waals surface area (Å²) in [4.78, 5) is 16.6. The third-order valence-electron chi connectivity index (χ3n) is 3.75. The molecule has 2 rings (SSSR count). The average Bonchev–Trinajstić information content (AvgIpc) is 2.59. The molecule has 5 heteroatoms. The summed E-state index contributed by atoms with van der Waals surface area (Å²) in [7, 11) is 2.82. The fraction of sp³-hybridized carbons (Fsp3) is 0.263. The first-order valence-electron chi connectivity index (χ1n) is 7.57. The molecule has 0 saturated heterocycles. The fourth-order valence-corrected chi connectivity index (χ4v) is 2.26. The first-order chi connectivity index (χ1) is 11.6. The normalized spacial score (nSPS) is 11.1. The van der Waals surface area contributed by atoms with Gasteiger partial charge < -0.3 is 14.3 Å². The number of methoxy groups -OCH3 is 1. The molecule has 0 atom stereocenters. The Hall–Kier alpha value is -2.82. The maximum Gasteiger partial charge on any atom is 0.310 e. The van der Waals surface area contributed by atoms with E-state index in [1.807, 2.05) is 56.3 Å². The smallest absolute Gasteiger partial charge is 0.310 e. The highest BCUT2D eigenvalue weighted by Gasteiger charge is 2.16. The van der Waals surface area contributed by atoms with Crippen LogP contribution in [-0.2, 0) is 20.8 Å². The van der Waals surface area contributed by atoms with Crippen molar-refractivity contribution in [3.05, 3.63) is 64.7 Å². The zero-order valence-corrected chi connectivity index (χ0v) is 14.3. The molecule has 0 saturated carbocycles. The van der Waals surface area contributed by atoms with Crippen molar-refractivity contribution in [1.82, 2.24) is 0 Å². The second kappa shape index (κ2) is 8.15. The van der Waals surface area contributed by atoms with Gasteiger partial charge in [0, 0.05) is 5.56 Å². The number of oxime groups is 1. The summed E-state index contributed by atoms with van der Waals surface area (Å²) < 4.78 is 10.7. The van der Waals surface area contributed by atoms with E-state index in [4.69, 9.17) is 14.3 Å². The number of ether oxygens (including phenoxy) is 2. The average molecular weight is 327 g/mol. The van der Waals surface area contributed by atoms with Crippen molar-refractivity contribution in [2.24, 2.45) is 5.16 Å². The van der Waals surface area contributed by atoms with E-state index in [9.17, 15) is 4.79 Å². The van der Waals surface area contributed by atoms with E-state index in [0.717, 1.165) is 16.7 Å². The van der Waals surface area contributed by atoms with E-state index >= 15 is 0 Å². The van der Waals surface area contributed by atoms with E-state index in [1.165, 1.54) is 14.2 Å². The fourth-order valence-electron chi connectivity index (χ4n) is 2.26. The Morgan fingerprint density at radius 3 is 2.50 bits per heavy atom. The molecule has 0 unspecified atom stereocenters. The second-order valence-corrected chi connectivity index (χ2v) is 5.29. The molecule has 0 aromatic heterocycles. The molecule has 0 amide bonds. The summed E-state index contributed by atoms with van der Waals surface area (Å²) in [5.41, 5.74) is 3.58. The molecule has 0 heterocycles. The number of esters is 1. The third-order valence-corrected chi connectivity index (χ3v) is 3.75. The van der Waals surface area contributed by atoms with Crippen LogP contribution in [0, 0.1) is 13.8 Å². The predicted octanol–water partition coefficient (Wildman–Crippen LogP) is 3.41. The van der Waals surface area contributed by atoms with Crippen LogP contribution >= 0.6 is 0 Å². The van der Waals surface area contributed by atoms with Crippen LogP contribution in [0.4, 0.5) is 0 Å². The first kappa shape index (κ1) is 17.5. The largest absolute Gasteiger partial charge is 0.469 e. The maximum atomic E-state index is 11.6. The van der Waals surface area contributed by atoms with Gasteiger partial charge in [0.25, 0.3) is 5.90 Å². The molecular weight excluding hydrogens is 306 g/mol. The third kappa shape index (κ3) is 4.13. The number of rotatable bonds is 5. The van der Waals surface area contributed by atoms with Crippen molar-refractivity contribution in [3.8, 4) is 5.75 Å². The molecule has 0 bridgehead atoms. The molecule has 0 aliphatic heterocycles. The summed E-state index contributed by atoms with van der Waals surface area (Å²) in [5, 5.41) is 4.00. The van der Waals surface area contributed by atoms with Gasteiger partial charge in [0.05, 0.1) is 13.5 Å². The molecule has 5 nitrogen and oxygen atoms in total. The van der Waals surface area contributed by atoms with Gasteiger partial charge >= 0.3 is 5.97 Å². The molecule has 0 aliphatic carbocycles. The summed E-state index contributed by atoms with van der Waals surface area (Å²) in [6.07, 6.45) is 0.131. The molecule has 0 fully saturated rings. The minimum absolute atomic E-state index is 0.131. The Bertz CT molecular complexity index is 753. The van der Waals surface area contributed by atoms with Crippen molar-refractivity contribution in [1.29, 1.82) is 0 Å². The van der Waals surface area contributed by atoms with Gasteiger partial charge in [0.2, 0.25) is 0 Å². The Morgan fingerprint density at radius 2 is 1.79 bits per heavy atom. The SMILES string of the molecule is CO/N=C(/Oc1cccc(C)c1C)c1ccccc1CC(=O)OC. The second-order valence-electron chi connectivity index (χ2n) is 5.29. The topological polar surface area (TPSA) is 57.1 Å². The number of nitrogens with zero attached hydrogens (tertiary/aromatic N) is 1. The monoisotopic (exact) mass is 327 g/mol. The van der Waals surface area contributed by atoms with Gasteiger partial charge in [-0.15, -0.1) is 0 Å². The standard InChI is InChI=1S/C19H21NO4/c1-13-8-7-11-17(14(13)2)24-19(20-23-4)16-10-6-5-9-15(16)12-18(21)22-3/h5-11H,12H2,1-4H3/b20-19+. The Kier molecular flexibility index (Phi) is 5.95. The highest BCUT2D eigenvalue weighted by molar-refractivity contribution is 5.97. The zero-order chi connectivity index (χ0) is 17.5. The molecule has 2 aromatic carbocycles. The molecule has 24 heavy (non-hydrogen) atoms. The molecular formula is C19H21NO4. The molecule has 0 radical (unpaired) electrons. The minimum Gasteiger partial charge on any atom is -0.469 e. The van der Waals surface area contributed by atoms with E-state index in [-0.39, 0.29) is 12.4 Å². The van der Waals surface area contributed by atoms with Crippen LogP contribution in [-0.4, -0.2) is 26.1 Å². The van der Waals surface area contributed by atoms with Crippen LogP contribution in [0.1, 0.15) is 22.3 Å². The minimum atomic E-state index is -0.328. The van der Waals surface area contributed by atoms with Crippen molar-refractivity contribution >= 4 is 11.9 Å². The molecule has 126 valence electrons. The van der Waals surface area contributed by atoms with E-state index < -0.39 is 0 Å². The van der Waals surface area contributed by atoms with Crippen LogP contribution in [0.2, 0.25) is 0 Å². The lowest BCUT2D eigenvalue weighted by molar-refractivity contribution is -0.139. The lowest BCUT2D eigenvalue weighted by atomic mass is 10.0. The number of aryl methyl sites for hydroxylation is 1. The summed E-state index contributed by atoms with van der Waals surface area (Å²) in [5.74, 6) is 0.662. The lowest BCUT2D eigenvalue weighted by Gasteiger charge is -2.14.